The molecule has 0 bridgehead atoms. The Labute approximate surface area is 111 Å². The first kappa shape index (κ1) is 12.3. The Kier molecular flexibility index (Phi) is 3.44. The molecule has 0 atom stereocenters. The number of nitrogens with one attached hydrogen (secondary N) is 1. The zero-order valence-electron chi connectivity index (χ0n) is 9.59. The SMILES string of the molecule is Cl.Nc1c[nH]c2ccc(Oc3ccccc3)cc12. The second-order valence-corrected chi connectivity index (χ2v) is 3.87. The van der Waals surface area contributed by atoms with Crippen molar-refractivity contribution in [1.29, 1.82) is 0 Å². The maximum Gasteiger partial charge on any atom is 0.128 e. The average molecular weight is 261 g/mol. The van der Waals surface area contributed by atoms with Crippen LogP contribution in [0.25, 0.3) is 10.9 Å². The van der Waals surface area contributed by atoms with Gasteiger partial charge in [-0.2, -0.15) is 0 Å². The molecule has 0 radical (unpaired) electrons. The van der Waals surface area contributed by atoms with E-state index in [-0.39, 0.29) is 12.4 Å². The summed E-state index contributed by atoms with van der Waals surface area (Å²) in [6.07, 6.45) is 1.79. The summed E-state index contributed by atoms with van der Waals surface area (Å²) in [6.45, 7) is 0. The van der Waals surface area contributed by atoms with E-state index in [2.05, 4.69) is 4.98 Å². The van der Waals surface area contributed by atoms with E-state index >= 15 is 0 Å². The third-order valence-electron chi connectivity index (χ3n) is 2.66. The van der Waals surface area contributed by atoms with Crippen LogP contribution in [-0.2, 0) is 0 Å². The molecular formula is C14H13ClN2O. The van der Waals surface area contributed by atoms with Crippen LogP contribution >= 0.6 is 12.4 Å². The Balaban J connectivity index is 0.00000120. The quantitative estimate of drug-likeness (QED) is 0.733. The highest BCUT2D eigenvalue weighted by Crippen LogP contribution is 2.28. The summed E-state index contributed by atoms with van der Waals surface area (Å²) in [5.74, 6) is 1.61. The minimum absolute atomic E-state index is 0. The summed E-state index contributed by atoms with van der Waals surface area (Å²) in [5, 5.41) is 0.985. The standard InChI is InChI=1S/C14H12N2O.ClH/c15-13-9-16-14-7-6-11(8-12(13)14)17-10-4-2-1-3-5-10;/h1-9,16H,15H2;1H. The topological polar surface area (TPSA) is 51.0 Å². The number of rotatable bonds is 2. The first-order valence-electron chi connectivity index (χ1n) is 5.42. The molecule has 3 aromatic rings. The van der Waals surface area contributed by atoms with Gasteiger partial charge in [-0.1, -0.05) is 18.2 Å². The van der Waals surface area contributed by atoms with Crippen molar-refractivity contribution in [3.63, 3.8) is 0 Å². The summed E-state index contributed by atoms with van der Waals surface area (Å²) < 4.78 is 5.74. The van der Waals surface area contributed by atoms with Gasteiger partial charge in [0.1, 0.15) is 11.5 Å². The van der Waals surface area contributed by atoms with Gasteiger partial charge in [0.05, 0.1) is 5.69 Å². The van der Waals surface area contributed by atoms with E-state index in [1.54, 1.807) is 6.20 Å². The number of aromatic amines is 1. The maximum absolute atomic E-state index is 5.85. The molecule has 92 valence electrons. The molecule has 0 saturated carbocycles. The maximum atomic E-state index is 5.85. The van der Waals surface area contributed by atoms with Crippen molar-refractivity contribution in [1.82, 2.24) is 4.98 Å². The Bertz CT molecular complexity index is 649. The van der Waals surface area contributed by atoms with Crippen molar-refractivity contribution in [3.8, 4) is 11.5 Å². The number of H-pyrrole nitrogens is 1. The summed E-state index contributed by atoms with van der Waals surface area (Å²) >= 11 is 0. The summed E-state index contributed by atoms with van der Waals surface area (Å²) in [4.78, 5) is 3.10. The van der Waals surface area contributed by atoms with E-state index in [1.807, 2.05) is 48.5 Å². The van der Waals surface area contributed by atoms with E-state index < -0.39 is 0 Å². The first-order valence-corrected chi connectivity index (χ1v) is 5.42. The number of nitrogens with two attached hydrogens (primary N) is 1. The van der Waals surface area contributed by atoms with Gasteiger partial charge in [-0.15, -0.1) is 12.4 Å². The van der Waals surface area contributed by atoms with Gasteiger partial charge in [0.25, 0.3) is 0 Å². The zero-order chi connectivity index (χ0) is 11.7. The molecule has 0 aliphatic rings. The molecule has 0 unspecified atom stereocenters. The van der Waals surface area contributed by atoms with Gasteiger partial charge < -0.3 is 15.5 Å². The molecule has 3 N–H and O–H groups in total. The number of aromatic nitrogens is 1. The minimum Gasteiger partial charge on any atom is -0.457 e. The number of fused-ring (bicyclic) bond motifs is 1. The number of halogens is 1. The lowest BCUT2D eigenvalue weighted by atomic mass is 10.2. The van der Waals surface area contributed by atoms with Gasteiger partial charge in [-0.25, -0.2) is 0 Å². The normalized spacial score (nSPS) is 10.0. The van der Waals surface area contributed by atoms with Crippen molar-refractivity contribution in [2.75, 3.05) is 5.73 Å². The van der Waals surface area contributed by atoms with Gasteiger partial charge in [-0.05, 0) is 30.3 Å². The summed E-state index contributed by atoms with van der Waals surface area (Å²) in [6, 6.07) is 15.5. The zero-order valence-corrected chi connectivity index (χ0v) is 10.4. The predicted molar refractivity (Wildman–Crippen MR) is 76.5 cm³/mol. The summed E-state index contributed by atoms with van der Waals surface area (Å²) in [7, 11) is 0. The largest absolute Gasteiger partial charge is 0.457 e. The predicted octanol–water partition coefficient (Wildman–Crippen LogP) is 3.96. The molecule has 3 nitrogen and oxygen atoms in total. The first-order chi connectivity index (χ1) is 8.33. The Morgan fingerprint density at radius 3 is 2.50 bits per heavy atom. The van der Waals surface area contributed by atoms with Gasteiger partial charge in [0.15, 0.2) is 0 Å². The highest BCUT2D eigenvalue weighted by molar-refractivity contribution is 5.92. The summed E-state index contributed by atoms with van der Waals surface area (Å²) in [5.41, 5.74) is 7.60. The molecule has 1 aromatic heterocycles. The number of benzene rings is 2. The van der Waals surface area contributed by atoms with Gasteiger partial charge >= 0.3 is 0 Å². The lowest BCUT2D eigenvalue weighted by Crippen LogP contribution is -1.84. The fourth-order valence-electron chi connectivity index (χ4n) is 1.81. The molecular weight excluding hydrogens is 248 g/mol. The lowest BCUT2D eigenvalue weighted by Gasteiger charge is -2.05. The second kappa shape index (κ2) is 5.02. The van der Waals surface area contributed by atoms with Gasteiger partial charge in [-0.3, -0.25) is 0 Å². The van der Waals surface area contributed by atoms with Crippen molar-refractivity contribution in [3.05, 3.63) is 54.7 Å². The highest BCUT2D eigenvalue weighted by atomic mass is 35.5. The molecule has 0 amide bonds. The molecule has 18 heavy (non-hydrogen) atoms. The number of ether oxygens (including phenoxy) is 1. The molecule has 4 heteroatoms. The third kappa shape index (κ3) is 2.26. The number of para-hydroxylation sites is 1. The van der Waals surface area contributed by atoms with Crippen LogP contribution in [0.2, 0.25) is 0 Å². The van der Waals surface area contributed by atoms with Gasteiger partial charge in [0, 0.05) is 17.1 Å². The molecule has 0 aliphatic heterocycles. The van der Waals surface area contributed by atoms with E-state index in [0.717, 1.165) is 28.1 Å². The van der Waals surface area contributed by atoms with Crippen molar-refractivity contribution < 1.29 is 4.74 Å². The number of nitrogen functional groups attached to an aromatic ring is 1. The van der Waals surface area contributed by atoms with E-state index in [1.165, 1.54) is 0 Å². The van der Waals surface area contributed by atoms with Crippen LogP contribution < -0.4 is 10.5 Å². The van der Waals surface area contributed by atoms with E-state index in [4.69, 9.17) is 10.5 Å². The number of hydrogen-bond donors (Lipinski definition) is 2. The molecule has 0 aliphatic carbocycles. The molecule has 0 spiro atoms. The minimum atomic E-state index is 0. The van der Waals surface area contributed by atoms with Crippen LogP contribution in [0.4, 0.5) is 5.69 Å². The van der Waals surface area contributed by atoms with Crippen LogP contribution in [0.15, 0.2) is 54.7 Å². The number of hydrogen-bond acceptors (Lipinski definition) is 2. The molecule has 2 aromatic carbocycles. The third-order valence-corrected chi connectivity index (χ3v) is 2.66. The fourth-order valence-corrected chi connectivity index (χ4v) is 1.81. The van der Waals surface area contributed by atoms with Crippen molar-refractivity contribution in [2.45, 2.75) is 0 Å². The fraction of sp³-hybridized carbons (Fsp3) is 0. The highest BCUT2D eigenvalue weighted by Gasteiger charge is 2.02. The van der Waals surface area contributed by atoms with Crippen molar-refractivity contribution >= 4 is 29.0 Å². The number of anilines is 1. The van der Waals surface area contributed by atoms with Crippen LogP contribution in [0.5, 0.6) is 11.5 Å². The Hall–Kier alpha value is -2.13. The van der Waals surface area contributed by atoms with E-state index in [9.17, 15) is 0 Å². The molecule has 0 saturated heterocycles. The van der Waals surface area contributed by atoms with Gasteiger partial charge in [0.2, 0.25) is 0 Å². The second-order valence-electron chi connectivity index (χ2n) is 3.87. The monoisotopic (exact) mass is 260 g/mol. The average Bonchev–Trinajstić information content (AvgIpc) is 2.73. The molecule has 0 fully saturated rings. The van der Waals surface area contributed by atoms with Crippen LogP contribution in [0.3, 0.4) is 0 Å². The Morgan fingerprint density at radius 2 is 1.72 bits per heavy atom. The van der Waals surface area contributed by atoms with Crippen LogP contribution in [0, 0.1) is 0 Å². The molecule has 3 rings (SSSR count). The smallest absolute Gasteiger partial charge is 0.128 e. The van der Waals surface area contributed by atoms with Crippen molar-refractivity contribution in [2.24, 2.45) is 0 Å². The Morgan fingerprint density at radius 1 is 0.944 bits per heavy atom. The molecule has 1 heterocycles. The van der Waals surface area contributed by atoms with Crippen LogP contribution in [0.1, 0.15) is 0 Å². The lowest BCUT2D eigenvalue weighted by molar-refractivity contribution is 0.483. The van der Waals surface area contributed by atoms with Crippen LogP contribution in [-0.4, -0.2) is 4.98 Å². The van der Waals surface area contributed by atoms with E-state index in [0.29, 0.717) is 0 Å².